The molecule has 0 bridgehead atoms. The molecule has 3 unspecified atom stereocenters. The predicted molar refractivity (Wildman–Crippen MR) is 73.2 cm³/mol. The number of carbonyl (C=O) groups excluding carboxylic acids is 1. The monoisotopic (exact) mass is 253 g/mol. The summed E-state index contributed by atoms with van der Waals surface area (Å²) in [5.41, 5.74) is 6.12. The summed E-state index contributed by atoms with van der Waals surface area (Å²) in [6.45, 7) is 8.22. The topological polar surface area (TPSA) is 49.6 Å². The Kier molecular flexibility index (Phi) is 4.62. The molecule has 1 heterocycles. The quantitative estimate of drug-likeness (QED) is 0.800. The molecule has 18 heavy (non-hydrogen) atoms. The van der Waals surface area contributed by atoms with E-state index in [-0.39, 0.29) is 12.0 Å². The van der Waals surface area contributed by atoms with Gasteiger partial charge in [-0.25, -0.2) is 0 Å². The third-order valence-electron chi connectivity index (χ3n) is 4.62. The number of piperazine rings is 1. The summed E-state index contributed by atoms with van der Waals surface area (Å²) >= 11 is 0. The molecule has 0 aromatic rings. The molecular weight excluding hydrogens is 226 g/mol. The number of nitrogens with two attached hydrogens (primary N) is 1. The van der Waals surface area contributed by atoms with Crippen molar-refractivity contribution in [3.05, 3.63) is 0 Å². The minimum atomic E-state index is 0.0825. The number of nitrogens with zero attached hydrogens (tertiary/aromatic N) is 2. The van der Waals surface area contributed by atoms with E-state index in [2.05, 4.69) is 18.7 Å². The zero-order valence-electron chi connectivity index (χ0n) is 11.8. The highest BCUT2D eigenvalue weighted by Gasteiger charge is 2.34. The van der Waals surface area contributed by atoms with Gasteiger partial charge in [-0.1, -0.05) is 19.8 Å². The van der Waals surface area contributed by atoms with Gasteiger partial charge in [-0.3, -0.25) is 9.69 Å². The maximum Gasteiger partial charge on any atom is 0.227 e. The van der Waals surface area contributed by atoms with E-state index in [4.69, 9.17) is 5.73 Å². The summed E-state index contributed by atoms with van der Waals surface area (Å²) < 4.78 is 0. The normalized spacial score (nSPS) is 34.6. The van der Waals surface area contributed by atoms with Gasteiger partial charge in [-0.2, -0.15) is 0 Å². The number of likely N-dealkylation sites (N-methyl/N-ethyl adjacent to an activating group) is 1. The molecule has 1 saturated heterocycles. The number of hydrogen-bond donors (Lipinski definition) is 1. The Bertz CT molecular complexity index is 295. The Labute approximate surface area is 110 Å². The van der Waals surface area contributed by atoms with E-state index >= 15 is 0 Å². The van der Waals surface area contributed by atoms with Gasteiger partial charge < -0.3 is 10.6 Å². The summed E-state index contributed by atoms with van der Waals surface area (Å²) in [4.78, 5) is 17.0. The SMILES string of the molecule is CCN1CCN(C(=O)C2CCCCC2N)CC1C. The molecule has 2 fully saturated rings. The molecule has 1 aliphatic heterocycles. The van der Waals surface area contributed by atoms with Crippen molar-refractivity contribution in [1.29, 1.82) is 0 Å². The average molecular weight is 253 g/mol. The number of rotatable bonds is 2. The second kappa shape index (κ2) is 6.02. The minimum Gasteiger partial charge on any atom is -0.340 e. The standard InChI is InChI=1S/C14H27N3O/c1-3-16-8-9-17(10-11(16)2)14(18)12-6-4-5-7-13(12)15/h11-13H,3-10,15H2,1-2H3. The molecule has 1 saturated carbocycles. The lowest BCUT2D eigenvalue weighted by atomic mass is 9.84. The van der Waals surface area contributed by atoms with Gasteiger partial charge in [-0.15, -0.1) is 0 Å². The summed E-state index contributed by atoms with van der Waals surface area (Å²) in [6, 6.07) is 0.568. The Hall–Kier alpha value is -0.610. The molecule has 4 heteroatoms. The van der Waals surface area contributed by atoms with Crippen LogP contribution in [0.4, 0.5) is 0 Å². The van der Waals surface area contributed by atoms with E-state index in [1.165, 1.54) is 6.42 Å². The molecule has 0 aromatic carbocycles. The molecule has 2 aliphatic rings. The molecule has 4 nitrogen and oxygen atoms in total. The van der Waals surface area contributed by atoms with Crippen molar-refractivity contribution >= 4 is 5.91 Å². The van der Waals surface area contributed by atoms with Crippen molar-refractivity contribution in [2.45, 2.75) is 51.6 Å². The van der Waals surface area contributed by atoms with Crippen molar-refractivity contribution in [2.24, 2.45) is 11.7 Å². The van der Waals surface area contributed by atoms with Crippen LogP contribution in [0, 0.1) is 5.92 Å². The molecular formula is C14H27N3O. The molecule has 104 valence electrons. The largest absolute Gasteiger partial charge is 0.340 e. The number of carbonyl (C=O) groups is 1. The van der Waals surface area contributed by atoms with Crippen LogP contribution < -0.4 is 5.73 Å². The fourth-order valence-corrected chi connectivity index (χ4v) is 3.37. The Balaban J connectivity index is 1.93. The first-order valence-corrected chi connectivity index (χ1v) is 7.42. The third kappa shape index (κ3) is 2.86. The van der Waals surface area contributed by atoms with E-state index in [1.54, 1.807) is 0 Å². The van der Waals surface area contributed by atoms with Gasteiger partial charge in [0.15, 0.2) is 0 Å². The van der Waals surface area contributed by atoms with Gasteiger partial charge >= 0.3 is 0 Å². The zero-order valence-corrected chi connectivity index (χ0v) is 11.8. The van der Waals surface area contributed by atoms with Crippen molar-refractivity contribution < 1.29 is 4.79 Å². The summed E-state index contributed by atoms with van der Waals surface area (Å²) in [5, 5.41) is 0. The van der Waals surface area contributed by atoms with Gasteiger partial charge in [0.2, 0.25) is 5.91 Å². The first-order chi connectivity index (χ1) is 8.63. The summed E-state index contributed by atoms with van der Waals surface area (Å²) in [7, 11) is 0. The molecule has 1 aliphatic carbocycles. The van der Waals surface area contributed by atoms with E-state index in [0.29, 0.717) is 11.9 Å². The number of hydrogen-bond acceptors (Lipinski definition) is 3. The molecule has 0 spiro atoms. The van der Waals surface area contributed by atoms with Crippen LogP contribution in [0.3, 0.4) is 0 Å². The fraction of sp³-hybridized carbons (Fsp3) is 0.929. The lowest BCUT2D eigenvalue weighted by molar-refractivity contribution is -0.140. The lowest BCUT2D eigenvalue weighted by Gasteiger charge is -2.41. The van der Waals surface area contributed by atoms with Crippen LogP contribution in [0.2, 0.25) is 0 Å². The molecule has 2 N–H and O–H groups in total. The van der Waals surface area contributed by atoms with E-state index in [1.807, 2.05) is 4.90 Å². The molecule has 2 rings (SSSR count). The van der Waals surface area contributed by atoms with Crippen molar-refractivity contribution in [2.75, 3.05) is 26.2 Å². The second-order valence-corrected chi connectivity index (χ2v) is 5.82. The molecule has 3 atom stereocenters. The summed E-state index contributed by atoms with van der Waals surface area (Å²) in [5.74, 6) is 0.393. The van der Waals surface area contributed by atoms with E-state index in [9.17, 15) is 4.79 Å². The van der Waals surface area contributed by atoms with E-state index in [0.717, 1.165) is 45.4 Å². The van der Waals surface area contributed by atoms with Crippen LogP contribution in [-0.2, 0) is 4.79 Å². The van der Waals surface area contributed by atoms with Crippen LogP contribution in [-0.4, -0.2) is 54.0 Å². The average Bonchev–Trinajstić information content (AvgIpc) is 2.38. The van der Waals surface area contributed by atoms with Gasteiger partial charge in [0, 0.05) is 31.7 Å². The molecule has 0 aromatic heterocycles. The molecule has 0 radical (unpaired) electrons. The van der Waals surface area contributed by atoms with Gasteiger partial charge in [-0.05, 0) is 26.3 Å². The van der Waals surface area contributed by atoms with Crippen molar-refractivity contribution in [3.63, 3.8) is 0 Å². The smallest absolute Gasteiger partial charge is 0.227 e. The van der Waals surface area contributed by atoms with Crippen molar-refractivity contribution in [1.82, 2.24) is 9.80 Å². The van der Waals surface area contributed by atoms with Crippen LogP contribution in [0.1, 0.15) is 39.5 Å². The van der Waals surface area contributed by atoms with Gasteiger partial charge in [0.05, 0.1) is 5.92 Å². The maximum atomic E-state index is 12.5. The highest BCUT2D eigenvalue weighted by Crippen LogP contribution is 2.25. The van der Waals surface area contributed by atoms with Gasteiger partial charge in [0.1, 0.15) is 0 Å². The third-order valence-corrected chi connectivity index (χ3v) is 4.62. The first kappa shape index (κ1) is 13.8. The van der Waals surface area contributed by atoms with Crippen LogP contribution in [0.15, 0.2) is 0 Å². The Morgan fingerprint density at radius 2 is 2.00 bits per heavy atom. The minimum absolute atomic E-state index is 0.0825. The van der Waals surface area contributed by atoms with Crippen LogP contribution >= 0.6 is 0 Å². The Morgan fingerprint density at radius 1 is 1.28 bits per heavy atom. The van der Waals surface area contributed by atoms with E-state index < -0.39 is 0 Å². The Morgan fingerprint density at radius 3 is 2.61 bits per heavy atom. The second-order valence-electron chi connectivity index (χ2n) is 5.82. The van der Waals surface area contributed by atoms with Crippen LogP contribution in [0.25, 0.3) is 0 Å². The van der Waals surface area contributed by atoms with Gasteiger partial charge in [0.25, 0.3) is 0 Å². The number of amides is 1. The predicted octanol–water partition coefficient (Wildman–Crippen LogP) is 1.06. The zero-order chi connectivity index (χ0) is 13.1. The molecule has 1 amide bonds. The highest BCUT2D eigenvalue weighted by atomic mass is 16.2. The van der Waals surface area contributed by atoms with Crippen molar-refractivity contribution in [3.8, 4) is 0 Å². The maximum absolute atomic E-state index is 12.5. The fourth-order valence-electron chi connectivity index (χ4n) is 3.37. The lowest BCUT2D eigenvalue weighted by Crippen LogP contribution is -2.56. The highest BCUT2D eigenvalue weighted by molar-refractivity contribution is 5.79. The van der Waals surface area contributed by atoms with Crippen LogP contribution in [0.5, 0.6) is 0 Å². The first-order valence-electron chi connectivity index (χ1n) is 7.42. The summed E-state index contributed by atoms with van der Waals surface area (Å²) in [6.07, 6.45) is 4.35.